The van der Waals surface area contributed by atoms with Crippen molar-refractivity contribution in [2.75, 3.05) is 0 Å². The second-order valence-corrected chi connectivity index (χ2v) is 5.63. The number of carbonyl (C=O) groups is 2. The molecule has 2 amide bonds. The third kappa shape index (κ3) is 5.27. The number of non-ortho nitro benzene ring substituents is 1. The van der Waals surface area contributed by atoms with Crippen molar-refractivity contribution in [3.63, 3.8) is 0 Å². The van der Waals surface area contributed by atoms with Gasteiger partial charge in [0.15, 0.2) is 0 Å². The second kappa shape index (κ2) is 7.85. The molecule has 10 heteroatoms. The lowest BCUT2D eigenvalue weighted by Gasteiger charge is -2.16. The molecule has 142 valence electrons. The summed E-state index contributed by atoms with van der Waals surface area (Å²) in [7, 11) is 0. The van der Waals surface area contributed by atoms with Gasteiger partial charge in [-0.15, -0.1) is 0 Å². The highest BCUT2D eigenvalue weighted by atomic mass is 19.4. The van der Waals surface area contributed by atoms with Crippen molar-refractivity contribution in [1.29, 1.82) is 0 Å². The molecule has 1 atom stereocenters. The van der Waals surface area contributed by atoms with Gasteiger partial charge in [0.2, 0.25) is 5.91 Å². The summed E-state index contributed by atoms with van der Waals surface area (Å²) < 4.78 is 37.7. The summed E-state index contributed by atoms with van der Waals surface area (Å²) in [5.74, 6) is -1.66. The fourth-order valence-electron chi connectivity index (χ4n) is 2.29. The molecule has 2 rings (SSSR count). The molecule has 2 aromatic carbocycles. The number of benzene rings is 2. The first-order valence-electron chi connectivity index (χ1n) is 7.58. The molecule has 0 fully saturated rings. The molecule has 3 N–H and O–H groups in total. The zero-order chi connectivity index (χ0) is 20.2. The Morgan fingerprint density at radius 3 is 2.30 bits per heavy atom. The second-order valence-electron chi connectivity index (χ2n) is 5.63. The normalized spacial score (nSPS) is 12.3. The number of nitrogens with one attached hydrogen (secondary N) is 1. The van der Waals surface area contributed by atoms with Gasteiger partial charge in [-0.1, -0.05) is 18.2 Å². The molecule has 0 saturated carbocycles. The summed E-state index contributed by atoms with van der Waals surface area (Å²) in [5, 5.41) is 13.1. The Bertz CT molecular complexity index is 866. The van der Waals surface area contributed by atoms with Gasteiger partial charge in [-0.3, -0.25) is 19.7 Å². The maximum absolute atomic E-state index is 12.6. The minimum atomic E-state index is -4.49. The SMILES string of the molecule is NC(=O)[C@H](Cc1ccc(C(F)(F)F)cc1)NC(=O)c1cccc([N+](=O)[O-])c1. The number of nitrogens with zero attached hydrogens (tertiary/aromatic N) is 1. The zero-order valence-electron chi connectivity index (χ0n) is 13.7. The number of hydrogen-bond donors (Lipinski definition) is 2. The van der Waals surface area contributed by atoms with Crippen molar-refractivity contribution in [3.8, 4) is 0 Å². The van der Waals surface area contributed by atoms with Crippen molar-refractivity contribution in [2.24, 2.45) is 5.73 Å². The maximum Gasteiger partial charge on any atom is 0.416 e. The summed E-state index contributed by atoms with van der Waals surface area (Å²) in [5.41, 5.74) is 4.40. The van der Waals surface area contributed by atoms with E-state index >= 15 is 0 Å². The van der Waals surface area contributed by atoms with E-state index in [4.69, 9.17) is 5.73 Å². The van der Waals surface area contributed by atoms with Gasteiger partial charge in [-0.2, -0.15) is 13.2 Å². The quantitative estimate of drug-likeness (QED) is 0.591. The van der Waals surface area contributed by atoms with Crippen molar-refractivity contribution in [1.82, 2.24) is 5.32 Å². The van der Waals surface area contributed by atoms with Gasteiger partial charge in [0, 0.05) is 24.1 Å². The van der Waals surface area contributed by atoms with Crippen molar-refractivity contribution in [2.45, 2.75) is 18.6 Å². The van der Waals surface area contributed by atoms with Crippen LogP contribution >= 0.6 is 0 Å². The number of nitro benzene ring substituents is 1. The van der Waals surface area contributed by atoms with Gasteiger partial charge in [0.05, 0.1) is 10.5 Å². The molecular formula is C17H14F3N3O4. The lowest BCUT2D eigenvalue weighted by Crippen LogP contribution is -2.45. The van der Waals surface area contributed by atoms with Crippen molar-refractivity contribution in [3.05, 3.63) is 75.3 Å². The van der Waals surface area contributed by atoms with Crippen LogP contribution in [0.5, 0.6) is 0 Å². The largest absolute Gasteiger partial charge is 0.416 e. The van der Waals surface area contributed by atoms with E-state index < -0.39 is 34.5 Å². The van der Waals surface area contributed by atoms with Crippen LogP contribution in [0, 0.1) is 10.1 Å². The summed E-state index contributed by atoms with van der Waals surface area (Å²) in [4.78, 5) is 33.9. The number of nitro groups is 1. The maximum atomic E-state index is 12.6. The minimum Gasteiger partial charge on any atom is -0.368 e. The van der Waals surface area contributed by atoms with Crippen molar-refractivity contribution >= 4 is 17.5 Å². The molecule has 0 radical (unpaired) electrons. The van der Waals surface area contributed by atoms with Crippen molar-refractivity contribution < 1.29 is 27.7 Å². The summed E-state index contributed by atoms with van der Waals surface area (Å²) in [6.07, 6.45) is -4.62. The van der Waals surface area contributed by atoms with E-state index in [1.807, 2.05) is 0 Å². The van der Waals surface area contributed by atoms with Crippen LogP contribution in [0.15, 0.2) is 48.5 Å². The first-order chi connectivity index (χ1) is 12.6. The molecule has 0 spiro atoms. The van der Waals surface area contributed by atoms with Crippen LogP contribution in [-0.2, 0) is 17.4 Å². The Morgan fingerprint density at radius 2 is 1.78 bits per heavy atom. The fraction of sp³-hybridized carbons (Fsp3) is 0.176. The Morgan fingerprint density at radius 1 is 1.15 bits per heavy atom. The van der Waals surface area contributed by atoms with Crippen LogP contribution in [-0.4, -0.2) is 22.8 Å². The van der Waals surface area contributed by atoms with Gasteiger partial charge in [0.1, 0.15) is 6.04 Å². The Labute approximate surface area is 151 Å². The topological polar surface area (TPSA) is 115 Å². The summed E-state index contributed by atoms with van der Waals surface area (Å²) in [6.45, 7) is 0. The summed E-state index contributed by atoms with van der Waals surface area (Å²) in [6, 6.07) is 7.73. The first-order valence-corrected chi connectivity index (χ1v) is 7.58. The van der Waals surface area contributed by atoms with E-state index in [0.717, 1.165) is 18.2 Å². The molecule has 0 heterocycles. The van der Waals surface area contributed by atoms with Gasteiger partial charge in [-0.05, 0) is 23.8 Å². The van der Waals surface area contributed by atoms with Crippen LogP contribution in [0.4, 0.5) is 18.9 Å². The number of amides is 2. The van der Waals surface area contributed by atoms with Gasteiger partial charge >= 0.3 is 6.18 Å². The number of primary amides is 1. The number of carbonyl (C=O) groups excluding carboxylic acids is 2. The van der Waals surface area contributed by atoms with E-state index in [9.17, 15) is 32.9 Å². The Balaban J connectivity index is 2.14. The zero-order valence-corrected chi connectivity index (χ0v) is 13.7. The van der Waals surface area contributed by atoms with Crippen LogP contribution in [0.1, 0.15) is 21.5 Å². The van der Waals surface area contributed by atoms with E-state index in [0.29, 0.717) is 5.56 Å². The molecule has 0 saturated heterocycles. The van der Waals surface area contributed by atoms with E-state index in [1.165, 1.54) is 30.3 Å². The average Bonchev–Trinajstić information content (AvgIpc) is 2.60. The molecule has 7 nitrogen and oxygen atoms in total. The number of alkyl halides is 3. The minimum absolute atomic E-state index is 0.0529. The summed E-state index contributed by atoms with van der Waals surface area (Å²) >= 11 is 0. The fourth-order valence-corrected chi connectivity index (χ4v) is 2.29. The average molecular weight is 381 g/mol. The number of halogens is 3. The molecular weight excluding hydrogens is 367 g/mol. The molecule has 0 aliphatic heterocycles. The Hall–Kier alpha value is -3.43. The van der Waals surface area contributed by atoms with E-state index in [-0.39, 0.29) is 17.7 Å². The predicted octanol–water partition coefficient (Wildman–Crippen LogP) is 2.44. The van der Waals surface area contributed by atoms with Crippen LogP contribution < -0.4 is 11.1 Å². The standard InChI is InChI=1S/C17H14F3N3O4/c18-17(19,20)12-6-4-10(5-7-12)8-14(15(21)24)22-16(25)11-2-1-3-13(9-11)23(26)27/h1-7,9,14H,8H2,(H2,21,24)(H,22,25)/t14-/m0/s1. The monoisotopic (exact) mass is 381 g/mol. The molecule has 0 aliphatic carbocycles. The molecule has 0 bridgehead atoms. The van der Waals surface area contributed by atoms with Gasteiger partial charge in [-0.25, -0.2) is 0 Å². The molecule has 2 aromatic rings. The van der Waals surface area contributed by atoms with Crippen LogP contribution in [0.2, 0.25) is 0 Å². The molecule has 27 heavy (non-hydrogen) atoms. The number of nitrogens with two attached hydrogens (primary N) is 1. The third-order valence-corrected chi connectivity index (χ3v) is 3.69. The molecule has 0 unspecified atom stereocenters. The van der Waals surface area contributed by atoms with Crippen LogP contribution in [0.3, 0.4) is 0 Å². The van der Waals surface area contributed by atoms with Crippen LogP contribution in [0.25, 0.3) is 0 Å². The lowest BCUT2D eigenvalue weighted by atomic mass is 10.0. The third-order valence-electron chi connectivity index (χ3n) is 3.69. The highest BCUT2D eigenvalue weighted by molar-refractivity contribution is 5.97. The van der Waals surface area contributed by atoms with E-state index in [1.54, 1.807) is 0 Å². The van der Waals surface area contributed by atoms with E-state index in [2.05, 4.69) is 5.32 Å². The highest BCUT2D eigenvalue weighted by Gasteiger charge is 2.30. The lowest BCUT2D eigenvalue weighted by molar-refractivity contribution is -0.384. The smallest absolute Gasteiger partial charge is 0.368 e. The van der Waals surface area contributed by atoms with Gasteiger partial charge in [0.25, 0.3) is 11.6 Å². The number of rotatable bonds is 6. The highest BCUT2D eigenvalue weighted by Crippen LogP contribution is 2.29. The Kier molecular flexibility index (Phi) is 5.78. The first kappa shape index (κ1) is 19.9. The van der Waals surface area contributed by atoms with Gasteiger partial charge < -0.3 is 11.1 Å². The molecule has 0 aliphatic rings. The number of hydrogen-bond acceptors (Lipinski definition) is 4. The predicted molar refractivity (Wildman–Crippen MR) is 88.7 cm³/mol. The molecule has 0 aromatic heterocycles.